The van der Waals surface area contributed by atoms with Crippen LogP contribution in [0.25, 0.3) is 0 Å². The first-order chi connectivity index (χ1) is 13.7. The highest BCUT2D eigenvalue weighted by Gasteiger charge is 2.27. The van der Waals surface area contributed by atoms with E-state index in [1.807, 2.05) is 32.9 Å². The van der Waals surface area contributed by atoms with E-state index in [0.717, 1.165) is 15.6 Å². The molecule has 2 rings (SSSR count). The van der Waals surface area contributed by atoms with Crippen molar-refractivity contribution in [1.29, 1.82) is 0 Å². The van der Waals surface area contributed by atoms with Crippen LogP contribution in [-0.4, -0.2) is 35.4 Å². The quantitative estimate of drug-likeness (QED) is 0.636. The monoisotopic (exact) mass is 464 g/mol. The second kappa shape index (κ2) is 10.4. The Kier molecular flexibility index (Phi) is 8.20. The van der Waals surface area contributed by atoms with Gasteiger partial charge in [-0.3, -0.25) is 9.59 Å². The van der Waals surface area contributed by atoms with Crippen LogP contribution < -0.4 is 10.1 Å². The van der Waals surface area contributed by atoms with Gasteiger partial charge in [-0.1, -0.05) is 28.1 Å². The summed E-state index contributed by atoms with van der Waals surface area (Å²) in [5.74, 6) is -0.373. The molecule has 156 valence electrons. The van der Waals surface area contributed by atoms with E-state index in [1.165, 1.54) is 17.0 Å². The maximum atomic E-state index is 13.2. The minimum absolute atomic E-state index is 0.0466. The molecule has 1 N–H and O–H groups in total. The zero-order chi connectivity index (χ0) is 21.6. The molecule has 0 saturated heterocycles. The average molecular weight is 465 g/mol. The van der Waals surface area contributed by atoms with Crippen LogP contribution >= 0.6 is 15.9 Å². The van der Waals surface area contributed by atoms with E-state index < -0.39 is 6.04 Å². The molecule has 0 aliphatic heterocycles. The van der Waals surface area contributed by atoms with Gasteiger partial charge in [0.15, 0.2) is 6.61 Å². The van der Waals surface area contributed by atoms with E-state index in [9.17, 15) is 14.0 Å². The number of rotatable bonds is 8. The average Bonchev–Trinajstić information content (AvgIpc) is 2.67. The summed E-state index contributed by atoms with van der Waals surface area (Å²) in [5, 5.41) is 2.82. The van der Waals surface area contributed by atoms with Gasteiger partial charge in [-0.15, -0.1) is 0 Å². The molecule has 5 nitrogen and oxygen atoms in total. The summed E-state index contributed by atoms with van der Waals surface area (Å²) in [5.41, 5.74) is 1.71. The first kappa shape index (κ1) is 22.9. The van der Waals surface area contributed by atoms with Gasteiger partial charge in [0.1, 0.15) is 17.6 Å². The lowest BCUT2D eigenvalue weighted by Crippen LogP contribution is -2.50. The van der Waals surface area contributed by atoms with E-state index in [2.05, 4.69) is 21.2 Å². The van der Waals surface area contributed by atoms with Crippen LogP contribution in [0.1, 0.15) is 31.9 Å². The summed E-state index contributed by atoms with van der Waals surface area (Å²) in [6.45, 7) is 7.28. The predicted molar refractivity (Wildman–Crippen MR) is 114 cm³/mol. The Bertz CT molecular complexity index is 856. The molecule has 7 heteroatoms. The van der Waals surface area contributed by atoms with Crippen LogP contribution in [-0.2, 0) is 16.1 Å². The van der Waals surface area contributed by atoms with Gasteiger partial charge >= 0.3 is 0 Å². The third kappa shape index (κ3) is 6.85. The van der Waals surface area contributed by atoms with Crippen molar-refractivity contribution in [3.8, 4) is 5.75 Å². The highest BCUT2D eigenvalue weighted by molar-refractivity contribution is 9.10. The Balaban J connectivity index is 2.15. The molecular formula is C22H26BrFN2O3. The second-order valence-electron chi connectivity index (χ2n) is 7.19. The molecule has 0 aliphatic rings. The van der Waals surface area contributed by atoms with Crippen molar-refractivity contribution in [3.63, 3.8) is 0 Å². The van der Waals surface area contributed by atoms with Crippen molar-refractivity contribution in [2.24, 2.45) is 0 Å². The van der Waals surface area contributed by atoms with E-state index in [1.54, 1.807) is 25.1 Å². The van der Waals surface area contributed by atoms with Crippen molar-refractivity contribution in [1.82, 2.24) is 10.2 Å². The number of benzene rings is 2. The van der Waals surface area contributed by atoms with Crippen molar-refractivity contribution in [2.75, 3.05) is 6.61 Å². The van der Waals surface area contributed by atoms with Gasteiger partial charge in [0.2, 0.25) is 5.91 Å². The van der Waals surface area contributed by atoms with Crippen LogP contribution in [0.15, 0.2) is 46.9 Å². The Morgan fingerprint density at radius 2 is 1.79 bits per heavy atom. The number of halogens is 2. The zero-order valence-corrected chi connectivity index (χ0v) is 18.6. The van der Waals surface area contributed by atoms with Gasteiger partial charge < -0.3 is 15.0 Å². The number of hydrogen-bond acceptors (Lipinski definition) is 3. The molecule has 0 unspecified atom stereocenters. The molecule has 0 heterocycles. The summed E-state index contributed by atoms with van der Waals surface area (Å²) >= 11 is 3.43. The summed E-state index contributed by atoms with van der Waals surface area (Å²) in [4.78, 5) is 26.8. The molecule has 2 aromatic carbocycles. The second-order valence-corrected chi connectivity index (χ2v) is 8.04. The molecule has 29 heavy (non-hydrogen) atoms. The molecule has 0 aromatic heterocycles. The molecule has 2 amide bonds. The van der Waals surface area contributed by atoms with Gasteiger partial charge in [-0.25, -0.2) is 4.39 Å². The minimum atomic E-state index is -0.704. The summed E-state index contributed by atoms with van der Waals surface area (Å²) in [7, 11) is 0. The van der Waals surface area contributed by atoms with Gasteiger partial charge in [0.05, 0.1) is 0 Å². The van der Waals surface area contributed by atoms with Gasteiger partial charge in [-0.2, -0.15) is 0 Å². The van der Waals surface area contributed by atoms with Crippen LogP contribution in [0.3, 0.4) is 0 Å². The minimum Gasteiger partial charge on any atom is -0.484 e. The summed E-state index contributed by atoms with van der Waals surface area (Å²) in [6, 6.07) is 10.6. The first-order valence-electron chi connectivity index (χ1n) is 9.40. The van der Waals surface area contributed by atoms with Crippen LogP contribution in [0.4, 0.5) is 4.39 Å². The molecule has 0 radical (unpaired) electrons. The SMILES string of the molecule is Cc1cc(OCC(=O)N(Cc2ccc(F)cc2)[C@H](C)C(=O)NC(C)C)ccc1Br. The van der Waals surface area contributed by atoms with E-state index in [0.29, 0.717) is 5.75 Å². The normalized spacial score (nSPS) is 11.8. The lowest BCUT2D eigenvalue weighted by atomic mass is 10.1. The van der Waals surface area contributed by atoms with Crippen molar-refractivity contribution < 1.29 is 18.7 Å². The standard InChI is InChI=1S/C22H26BrFN2O3/c1-14(2)25-22(28)16(4)26(12-17-5-7-18(24)8-6-17)21(27)13-29-19-9-10-20(23)15(3)11-19/h5-11,14,16H,12-13H2,1-4H3,(H,25,28)/t16-/m1/s1. The molecular weight excluding hydrogens is 439 g/mol. The van der Waals surface area contributed by atoms with Crippen LogP contribution in [0.5, 0.6) is 5.75 Å². The highest BCUT2D eigenvalue weighted by atomic mass is 79.9. The number of ether oxygens (including phenoxy) is 1. The Morgan fingerprint density at radius 3 is 2.38 bits per heavy atom. The molecule has 1 atom stereocenters. The predicted octanol–water partition coefficient (Wildman–Crippen LogP) is 4.22. The maximum absolute atomic E-state index is 13.2. The topological polar surface area (TPSA) is 58.6 Å². The lowest BCUT2D eigenvalue weighted by molar-refractivity contribution is -0.142. The lowest BCUT2D eigenvalue weighted by Gasteiger charge is -2.29. The summed E-state index contributed by atoms with van der Waals surface area (Å²) < 4.78 is 19.8. The molecule has 0 spiro atoms. The maximum Gasteiger partial charge on any atom is 0.261 e. The number of amides is 2. The summed E-state index contributed by atoms with van der Waals surface area (Å²) in [6.07, 6.45) is 0. The Hall–Kier alpha value is -2.41. The number of nitrogens with one attached hydrogen (secondary N) is 1. The number of nitrogens with zero attached hydrogens (tertiary/aromatic N) is 1. The molecule has 0 aliphatic carbocycles. The molecule has 0 bridgehead atoms. The molecule has 0 fully saturated rings. The van der Waals surface area contributed by atoms with E-state index in [-0.39, 0.29) is 36.8 Å². The number of carbonyl (C=O) groups is 2. The number of aryl methyl sites for hydroxylation is 1. The number of carbonyl (C=O) groups excluding carboxylic acids is 2. The van der Waals surface area contributed by atoms with Crippen molar-refractivity contribution >= 4 is 27.7 Å². The fraction of sp³-hybridized carbons (Fsp3) is 0.364. The molecule has 0 saturated carbocycles. The number of hydrogen-bond donors (Lipinski definition) is 1. The van der Waals surface area contributed by atoms with Gasteiger partial charge in [0, 0.05) is 17.1 Å². The van der Waals surface area contributed by atoms with Crippen molar-refractivity contribution in [2.45, 2.75) is 46.3 Å². The fourth-order valence-corrected chi connectivity index (χ4v) is 2.96. The first-order valence-corrected chi connectivity index (χ1v) is 10.2. The van der Waals surface area contributed by atoms with Crippen LogP contribution in [0.2, 0.25) is 0 Å². The molecule has 2 aromatic rings. The van der Waals surface area contributed by atoms with E-state index in [4.69, 9.17) is 4.74 Å². The zero-order valence-electron chi connectivity index (χ0n) is 17.0. The van der Waals surface area contributed by atoms with E-state index >= 15 is 0 Å². The Labute approximate surface area is 179 Å². The van der Waals surface area contributed by atoms with Gasteiger partial charge in [0.25, 0.3) is 5.91 Å². The smallest absolute Gasteiger partial charge is 0.261 e. The highest BCUT2D eigenvalue weighted by Crippen LogP contribution is 2.22. The Morgan fingerprint density at radius 1 is 1.14 bits per heavy atom. The third-order valence-corrected chi connectivity index (χ3v) is 5.25. The largest absolute Gasteiger partial charge is 0.484 e. The van der Waals surface area contributed by atoms with Crippen molar-refractivity contribution in [3.05, 3.63) is 63.9 Å². The van der Waals surface area contributed by atoms with Gasteiger partial charge in [-0.05, 0) is 69.2 Å². The third-order valence-electron chi connectivity index (χ3n) is 4.36. The fourth-order valence-electron chi connectivity index (χ4n) is 2.71. The van der Waals surface area contributed by atoms with Crippen LogP contribution in [0, 0.1) is 12.7 Å².